The molecule has 154 valence electrons. The first-order valence-corrected chi connectivity index (χ1v) is 11.7. The fraction of sp³-hybridized carbons (Fsp3) is 0.750. The summed E-state index contributed by atoms with van der Waals surface area (Å²) >= 11 is 1.38. The Morgan fingerprint density at radius 2 is 2.11 bits per heavy atom. The maximum absolute atomic E-state index is 15.6. The Hall–Kier alpha value is -0.970. The molecule has 3 saturated heterocycles. The Labute approximate surface area is 163 Å². The second kappa shape index (κ2) is 6.52. The molecule has 1 N–H and O–H groups in total. The number of ether oxygens (including phenoxy) is 1. The van der Waals surface area contributed by atoms with E-state index in [2.05, 4.69) is 4.98 Å². The third-order valence-corrected chi connectivity index (χ3v) is 8.80. The molecule has 28 heavy (non-hydrogen) atoms. The fourth-order valence-corrected chi connectivity index (χ4v) is 7.43. The molecule has 3 aliphatic heterocycles. The normalized spacial score (nSPS) is 43.2. The summed E-state index contributed by atoms with van der Waals surface area (Å²) in [5.74, 6) is -1.66. The van der Waals surface area contributed by atoms with Crippen LogP contribution in [0.2, 0.25) is 0 Å². The van der Waals surface area contributed by atoms with Gasteiger partial charge in [-0.1, -0.05) is 12.8 Å². The highest BCUT2D eigenvalue weighted by Gasteiger charge is 2.73. The minimum atomic E-state index is -3.95. The second-order valence-electron chi connectivity index (χ2n) is 7.55. The van der Waals surface area contributed by atoms with Crippen LogP contribution < -0.4 is 11.2 Å². The van der Waals surface area contributed by atoms with Gasteiger partial charge in [0.1, 0.15) is 12.7 Å². The highest BCUT2D eigenvalue weighted by molar-refractivity contribution is 8.02. The molecule has 1 aromatic heterocycles. The SMILES string of the molecule is O=c1ccn([C@@H]2O[C@]3(F)COP(=O)(OC4CCCC4)O[C@H]3[C@]23CCS3)c(=O)[nH]1. The number of halogens is 1. The van der Waals surface area contributed by atoms with E-state index in [0.29, 0.717) is 12.2 Å². The van der Waals surface area contributed by atoms with Gasteiger partial charge in [-0.15, -0.1) is 11.8 Å². The largest absolute Gasteiger partial charge is 0.475 e. The Balaban J connectivity index is 1.48. The number of phosphoric ester groups is 1. The summed E-state index contributed by atoms with van der Waals surface area (Å²) in [6.07, 6.45) is 2.74. The van der Waals surface area contributed by atoms with Crippen molar-refractivity contribution in [2.45, 2.75) is 61.1 Å². The number of phosphoric acid groups is 1. The molecule has 4 aliphatic rings. The number of fused-ring (bicyclic) bond motifs is 2. The number of nitrogens with zero attached hydrogens (tertiary/aromatic N) is 1. The van der Waals surface area contributed by atoms with Crippen LogP contribution in [0.1, 0.15) is 38.3 Å². The first kappa shape index (κ1) is 19.0. The predicted octanol–water partition coefficient (Wildman–Crippen LogP) is 2.09. The Kier molecular flexibility index (Phi) is 4.43. The van der Waals surface area contributed by atoms with Crippen LogP contribution in [0.4, 0.5) is 4.39 Å². The zero-order chi connectivity index (χ0) is 19.6. The van der Waals surface area contributed by atoms with Crippen LogP contribution in [0, 0.1) is 0 Å². The van der Waals surface area contributed by atoms with Crippen molar-refractivity contribution in [3.63, 3.8) is 0 Å². The highest BCUT2D eigenvalue weighted by atomic mass is 32.2. The van der Waals surface area contributed by atoms with Crippen molar-refractivity contribution in [1.29, 1.82) is 0 Å². The summed E-state index contributed by atoms with van der Waals surface area (Å²) < 4.78 is 50.9. The maximum atomic E-state index is 15.6. The van der Waals surface area contributed by atoms with Crippen LogP contribution in [0.25, 0.3) is 0 Å². The first-order valence-electron chi connectivity index (χ1n) is 9.27. The molecule has 1 unspecified atom stereocenters. The second-order valence-corrected chi connectivity index (χ2v) is 10.6. The van der Waals surface area contributed by atoms with Gasteiger partial charge in [0, 0.05) is 12.3 Å². The molecule has 12 heteroatoms. The van der Waals surface area contributed by atoms with Crippen molar-refractivity contribution in [3.8, 4) is 0 Å². The number of alkyl halides is 1. The molecule has 5 atom stereocenters. The summed E-state index contributed by atoms with van der Waals surface area (Å²) in [6.45, 7) is -0.613. The van der Waals surface area contributed by atoms with E-state index < -0.39 is 48.6 Å². The van der Waals surface area contributed by atoms with Gasteiger partial charge in [-0.3, -0.25) is 27.9 Å². The van der Waals surface area contributed by atoms with E-state index in [9.17, 15) is 14.2 Å². The van der Waals surface area contributed by atoms with Crippen molar-refractivity contribution in [2.75, 3.05) is 12.4 Å². The Bertz CT molecular complexity index is 943. The smallest absolute Gasteiger partial charge is 0.316 e. The third kappa shape index (κ3) is 2.86. The molecule has 0 bridgehead atoms. The summed E-state index contributed by atoms with van der Waals surface area (Å²) in [5.41, 5.74) is -1.27. The number of aromatic amines is 1. The van der Waals surface area contributed by atoms with Gasteiger partial charge in [0.2, 0.25) is 0 Å². The number of thioether (sulfide) groups is 1. The molecule has 0 radical (unpaired) electrons. The minimum absolute atomic E-state index is 0.233. The van der Waals surface area contributed by atoms with Crippen LogP contribution in [0.3, 0.4) is 0 Å². The van der Waals surface area contributed by atoms with Gasteiger partial charge >= 0.3 is 13.5 Å². The first-order chi connectivity index (χ1) is 13.3. The van der Waals surface area contributed by atoms with Crippen LogP contribution in [0.5, 0.6) is 0 Å². The minimum Gasteiger partial charge on any atom is -0.316 e. The number of hydrogen-bond donors (Lipinski definition) is 1. The summed E-state index contributed by atoms with van der Waals surface area (Å²) in [5, 5.41) is 0. The molecule has 5 rings (SSSR count). The van der Waals surface area contributed by atoms with E-state index in [-0.39, 0.29) is 6.10 Å². The summed E-state index contributed by atoms with van der Waals surface area (Å²) in [4.78, 5) is 25.8. The standard InChI is InChI=1S/C16H20FN2O7PS/c17-16-9-23-27(22,25-10-3-1-2-4-10)26-12(16)15(6-8-28-15)13(24-16)19-7-5-11(20)18-14(19)21/h5,7,10,12-13H,1-4,6,8-9H2,(H,18,20,21)/t12-,13+,15+,16+,27?/m0/s1. The molecule has 0 aromatic carbocycles. The molecule has 4 fully saturated rings. The lowest BCUT2D eigenvalue weighted by molar-refractivity contribution is -0.221. The summed E-state index contributed by atoms with van der Waals surface area (Å²) in [7, 11) is -3.95. The lowest BCUT2D eigenvalue weighted by Gasteiger charge is -2.46. The van der Waals surface area contributed by atoms with Crippen molar-refractivity contribution in [2.24, 2.45) is 0 Å². The average molecular weight is 434 g/mol. The zero-order valence-electron chi connectivity index (χ0n) is 14.9. The molecule has 1 spiro atoms. The topological polar surface area (TPSA) is 109 Å². The molecule has 1 aromatic rings. The molecule has 9 nitrogen and oxygen atoms in total. The average Bonchev–Trinajstić information content (AvgIpc) is 3.18. The van der Waals surface area contributed by atoms with Gasteiger partial charge < -0.3 is 4.74 Å². The molecular formula is C16H20FN2O7PS. The number of rotatable bonds is 3. The van der Waals surface area contributed by atoms with Crippen LogP contribution >= 0.6 is 19.6 Å². The van der Waals surface area contributed by atoms with E-state index in [1.807, 2.05) is 0 Å². The van der Waals surface area contributed by atoms with Crippen LogP contribution in [-0.4, -0.2) is 44.7 Å². The van der Waals surface area contributed by atoms with Gasteiger partial charge in [-0.2, -0.15) is 0 Å². The molecule has 1 aliphatic carbocycles. The van der Waals surface area contributed by atoms with Gasteiger partial charge in [0.15, 0.2) is 6.23 Å². The van der Waals surface area contributed by atoms with Gasteiger partial charge in [0.25, 0.3) is 11.4 Å². The van der Waals surface area contributed by atoms with Crippen molar-refractivity contribution in [3.05, 3.63) is 33.1 Å². The van der Waals surface area contributed by atoms with Crippen molar-refractivity contribution in [1.82, 2.24) is 9.55 Å². The van der Waals surface area contributed by atoms with E-state index in [1.165, 1.54) is 24.0 Å². The number of nitrogens with one attached hydrogen (secondary N) is 1. The van der Waals surface area contributed by atoms with Crippen molar-refractivity contribution >= 4 is 19.6 Å². The number of hydrogen-bond acceptors (Lipinski definition) is 8. The summed E-state index contributed by atoms with van der Waals surface area (Å²) in [6, 6.07) is 1.17. The van der Waals surface area contributed by atoms with Gasteiger partial charge in [-0.25, -0.2) is 13.8 Å². The van der Waals surface area contributed by atoms with Crippen LogP contribution in [-0.2, 0) is 22.9 Å². The van der Waals surface area contributed by atoms with Crippen molar-refractivity contribution < 1.29 is 27.3 Å². The van der Waals surface area contributed by atoms with Crippen LogP contribution in [0.15, 0.2) is 21.9 Å². The molecular weight excluding hydrogens is 414 g/mol. The number of H-pyrrole nitrogens is 1. The predicted molar refractivity (Wildman–Crippen MR) is 96.9 cm³/mol. The quantitative estimate of drug-likeness (QED) is 0.721. The van der Waals surface area contributed by atoms with E-state index in [1.54, 1.807) is 0 Å². The maximum Gasteiger partial charge on any atom is 0.475 e. The zero-order valence-corrected chi connectivity index (χ0v) is 16.6. The highest BCUT2D eigenvalue weighted by Crippen LogP contribution is 2.68. The lowest BCUT2D eigenvalue weighted by atomic mass is 9.93. The lowest BCUT2D eigenvalue weighted by Crippen LogP contribution is -2.56. The Morgan fingerprint density at radius 1 is 1.36 bits per heavy atom. The Morgan fingerprint density at radius 3 is 2.75 bits per heavy atom. The van der Waals surface area contributed by atoms with E-state index in [0.717, 1.165) is 30.3 Å². The van der Waals surface area contributed by atoms with Gasteiger partial charge in [0.05, 0.1) is 10.9 Å². The third-order valence-electron chi connectivity index (χ3n) is 5.76. The van der Waals surface area contributed by atoms with E-state index in [4.69, 9.17) is 18.3 Å². The molecule has 1 saturated carbocycles. The molecule has 4 heterocycles. The van der Waals surface area contributed by atoms with E-state index >= 15 is 4.39 Å². The fourth-order valence-electron chi connectivity index (χ4n) is 4.32. The number of aromatic nitrogens is 2. The monoisotopic (exact) mass is 434 g/mol. The molecule has 0 amide bonds. The van der Waals surface area contributed by atoms with Gasteiger partial charge in [-0.05, 0) is 25.0 Å².